The summed E-state index contributed by atoms with van der Waals surface area (Å²) < 4.78 is 5.07. The molecule has 0 N–H and O–H groups in total. The van der Waals surface area contributed by atoms with E-state index in [4.69, 9.17) is 4.74 Å². The molecule has 8 heteroatoms. The molecule has 8 nitrogen and oxygen atoms in total. The number of para-hydroxylation sites is 1. The topological polar surface area (TPSA) is 113 Å². The second-order valence-electron chi connectivity index (χ2n) is 5.93. The lowest BCUT2D eigenvalue weighted by Gasteiger charge is -2.10. The first-order valence-corrected chi connectivity index (χ1v) is 8.64. The third-order valence-corrected chi connectivity index (χ3v) is 4.02. The number of hydrogen-bond acceptors (Lipinski definition) is 6. The maximum absolute atomic E-state index is 11.6. The molecule has 0 aliphatic carbocycles. The molecule has 2 atom stereocenters. The number of allylic oxidation sites excluding steroid dienone is 1. The predicted octanol–water partition coefficient (Wildman–Crippen LogP) is 3.80. The number of carbonyl (C=O) groups is 1. The van der Waals surface area contributed by atoms with Crippen LogP contribution in [-0.2, 0) is 4.79 Å². The summed E-state index contributed by atoms with van der Waals surface area (Å²) in [5.41, 5.74) is 0. The van der Waals surface area contributed by atoms with Crippen LogP contribution in [0.3, 0.4) is 0 Å². The van der Waals surface area contributed by atoms with E-state index < -0.39 is 18.1 Å². The molecule has 0 spiro atoms. The molecule has 1 aromatic rings. The lowest BCUT2D eigenvalue weighted by atomic mass is 10.0. The van der Waals surface area contributed by atoms with E-state index in [-0.39, 0.29) is 16.3 Å². The van der Waals surface area contributed by atoms with Gasteiger partial charge in [0.2, 0.25) is 12.1 Å². The highest BCUT2D eigenvalue weighted by molar-refractivity contribution is 5.83. The zero-order chi connectivity index (χ0) is 19.4. The van der Waals surface area contributed by atoms with Gasteiger partial charge in [-0.3, -0.25) is 20.2 Å². The minimum Gasteiger partial charge on any atom is -0.423 e. The molecule has 2 unspecified atom stereocenters. The van der Waals surface area contributed by atoms with Crippen molar-refractivity contribution in [3.8, 4) is 5.75 Å². The summed E-state index contributed by atoms with van der Waals surface area (Å²) in [4.78, 5) is 32.8. The number of carbonyl (C=O) groups excluding carboxylic acids is 1. The van der Waals surface area contributed by atoms with E-state index in [1.807, 2.05) is 0 Å². The van der Waals surface area contributed by atoms with Crippen molar-refractivity contribution >= 4 is 5.97 Å². The second-order valence-corrected chi connectivity index (χ2v) is 5.93. The first kappa shape index (κ1) is 21.3. The van der Waals surface area contributed by atoms with E-state index in [0.29, 0.717) is 37.9 Å². The van der Waals surface area contributed by atoms with Crippen molar-refractivity contribution in [2.45, 2.75) is 57.5 Å². The molecule has 26 heavy (non-hydrogen) atoms. The Morgan fingerprint density at radius 2 is 1.69 bits per heavy atom. The summed E-state index contributed by atoms with van der Waals surface area (Å²) in [5, 5.41) is 21.9. The van der Waals surface area contributed by atoms with Crippen LogP contribution in [0.25, 0.3) is 0 Å². The molecule has 1 rings (SSSR count). The molecule has 0 saturated carbocycles. The predicted molar refractivity (Wildman–Crippen MR) is 96.2 cm³/mol. The first-order valence-electron chi connectivity index (χ1n) is 8.64. The molecule has 0 bridgehead atoms. The molecule has 0 aliphatic rings. The minimum atomic E-state index is -0.769. The van der Waals surface area contributed by atoms with E-state index in [2.05, 4.69) is 0 Å². The highest BCUT2D eigenvalue weighted by Gasteiger charge is 2.22. The van der Waals surface area contributed by atoms with E-state index in [1.54, 1.807) is 43.3 Å². The fourth-order valence-corrected chi connectivity index (χ4v) is 2.51. The molecule has 0 saturated heterocycles. The summed E-state index contributed by atoms with van der Waals surface area (Å²) in [6, 6.07) is 7.20. The van der Waals surface area contributed by atoms with Crippen LogP contribution in [0.5, 0.6) is 5.75 Å². The number of rotatable bonds is 12. The van der Waals surface area contributed by atoms with Crippen molar-refractivity contribution in [1.29, 1.82) is 0 Å². The second kappa shape index (κ2) is 11.7. The lowest BCUT2D eigenvalue weighted by Crippen LogP contribution is -2.22. The van der Waals surface area contributed by atoms with Gasteiger partial charge in [-0.25, -0.2) is 4.79 Å². The van der Waals surface area contributed by atoms with E-state index >= 15 is 0 Å². The summed E-state index contributed by atoms with van der Waals surface area (Å²) in [5.74, 6) is -0.104. The van der Waals surface area contributed by atoms with Crippen LogP contribution in [0.2, 0.25) is 0 Å². The molecule has 1 aromatic carbocycles. The third-order valence-electron chi connectivity index (χ3n) is 4.02. The Morgan fingerprint density at radius 1 is 1.08 bits per heavy atom. The molecule has 0 radical (unpaired) electrons. The maximum Gasteiger partial charge on any atom is 0.335 e. The number of nitrogens with zero attached hydrogens (tertiary/aromatic N) is 2. The van der Waals surface area contributed by atoms with Crippen molar-refractivity contribution in [1.82, 2.24) is 0 Å². The zero-order valence-electron chi connectivity index (χ0n) is 14.8. The number of benzene rings is 1. The lowest BCUT2D eigenvalue weighted by molar-refractivity contribution is -0.529. The van der Waals surface area contributed by atoms with Crippen LogP contribution in [0.15, 0.2) is 42.5 Å². The number of ether oxygens (including phenoxy) is 1. The average Bonchev–Trinajstić information content (AvgIpc) is 2.60. The smallest absolute Gasteiger partial charge is 0.335 e. The quantitative estimate of drug-likeness (QED) is 0.183. The van der Waals surface area contributed by atoms with Crippen molar-refractivity contribution < 1.29 is 19.4 Å². The van der Waals surface area contributed by atoms with Gasteiger partial charge in [-0.05, 0) is 25.0 Å². The van der Waals surface area contributed by atoms with Gasteiger partial charge in [0.1, 0.15) is 5.75 Å². The Balaban J connectivity index is 2.35. The molecular formula is C18H24N2O6. The minimum absolute atomic E-state index is 0.275. The Bertz CT molecular complexity index is 617. The van der Waals surface area contributed by atoms with Crippen molar-refractivity contribution in [2.24, 2.45) is 0 Å². The largest absolute Gasteiger partial charge is 0.423 e. The van der Waals surface area contributed by atoms with Gasteiger partial charge in [0.15, 0.2) is 0 Å². The van der Waals surface area contributed by atoms with Gasteiger partial charge in [0.25, 0.3) is 0 Å². The molecule has 0 amide bonds. The summed E-state index contributed by atoms with van der Waals surface area (Å²) in [6.45, 7) is 1.73. The monoisotopic (exact) mass is 364 g/mol. The summed E-state index contributed by atoms with van der Waals surface area (Å²) >= 11 is 0. The van der Waals surface area contributed by atoms with Crippen LogP contribution in [0, 0.1) is 20.2 Å². The van der Waals surface area contributed by atoms with Gasteiger partial charge >= 0.3 is 5.97 Å². The Kier molecular flexibility index (Phi) is 9.59. The Hall–Kier alpha value is -2.77. The highest BCUT2D eigenvalue weighted by atomic mass is 16.6. The Morgan fingerprint density at radius 3 is 2.27 bits per heavy atom. The van der Waals surface area contributed by atoms with Gasteiger partial charge < -0.3 is 4.74 Å². The average molecular weight is 364 g/mol. The fourth-order valence-electron chi connectivity index (χ4n) is 2.51. The molecule has 0 heterocycles. The van der Waals surface area contributed by atoms with Crippen LogP contribution in [0.4, 0.5) is 0 Å². The first-order chi connectivity index (χ1) is 12.4. The van der Waals surface area contributed by atoms with E-state index in [1.165, 1.54) is 6.08 Å². The number of hydrogen-bond donors (Lipinski definition) is 0. The fraction of sp³-hybridized carbons (Fsp3) is 0.500. The van der Waals surface area contributed by atoms with E-state index in [9.17, 15) is 25.0 Å². The van der Waals surface area contributed by atoms with Gasteiger partial charge in [-0.1, -0.05) is 31.2 Å². The van der Waals surface area contributed by atoms with Gasteiger partial charge in [-0.15, -0.1) is 0 Å². The molecular weight excluding hydrogens is 340 g/mol. The van der Waals surface area contributed by atoms with Gasteiger partial charge in [0.05, 0.1) is 0 Å². The maximum atomic E-state index is 11.6. The Labute approximate surface area is 152 Å². The highest BCUT2D eigenvalue weighted by Crippen LogP contribution is 2.15. The van der Waals surface area contributed by atoms with Crippen LogP contribution >= 0.6 is 0 Å². The number of esters is 1. The summed E-state index contributed by atoms with van der Waals surface area (Å²) in [6.07, 6.45) is 4.93. The zero-order valence-corrected chi connectivity index (χ0v) is 14.8. The molecule has 0 aromatic heterocycles. The van der Waals surface area contributed by atoms with Crippen LogP contribution in [-0.4, -0.2) is 27.9 Å². The van der Waals surface area contributed by atoms with Gasteiger partial charge in [-0.2, -0.15) is 0 Å². The van der Waals surface area contributed by atoms with Crippen LogP contribution in [0.1, 0.15) is 45.4 Å². The standard InChI is InChI=1S/C18H24N2O6/c1-2-15(19(22)23)10-8-11-16(20(24)25)9-6-7-14-18(21)26-17-12-4-3-5-13-17/h3-5,7,12-16H,2,6,8-11H2,1H3/b14-7+. The summed E-state index contributed by atoms with van der Waals surface area (Å²) in [7, 11) is 0. The van der Waals surface area contributed by atoms with Crippen molar-refractivity contribution in [2.75, 3.05) is 0 Å². The van der Waals surface area contributed by atoms with Crippen LogP contribution < -0.4 is 4.74 Å². The van der Waals surface area contributed by atoms with Crippen molar-refractivity contribution in [3.05, 3.63) is 62.7 Å². The molecule has 142 valence electrons. The normalized spacial score (nSPS) is 13.3. The molecule has 0 aliphatic heterocycles. The third kappa shape index (κ3) is 8.36. The van der Waals surface area contributed by atoms with E-state index in [0.717, 1.165) is 0 Å². The SMILES string of the molecule is CCC(CCCC(CC/C=C/C(=O)Oc1ccccc1)[N+](=O)[O-])[N+](=O)[O-]. The number of nitro groups is 2. The molecule has 0 fully saturated rings. The van der Waals surface area contributed by atoms with Gasteiger partial charge in [0, 0.05) is 41.6 Å². The van der Waals surface area contributed by atoms with Crippen molar-refractivity contribution in [3.63, 3.8) is 0 Å².